The summed E-state index contributed by atoms with van der Waals surface area (Å²) in [5.74, 6) is 0.532. The summed E-state index contributed by atoms with van der Waals surface area (Å²) in [4.78, 5) is 4.34. The van der Waals surface area contributed by atoms with E-state index in [0.717, 1.165) is 10.0 Å². The van der Waals surface area contributed by atoms with Crippen LogP contribution in [0.1, 0.15) is 11.5 Å². The number of benzene rings is 2. The van der Waals surface area contributed by atoms with E-state index in [1.54, 1.807) is 6.07 Å². The van der Waals surface area contributed by atoms with E-state index in [0.29, 0.717) is 35.9 Å². The quantitative estimate of drug-likeness (QED) is 0.736. The Morgan fingerprint density at radius 3 is 2.75 bits per heavy atom. The highest BCUT2D eigenvalue weighted by Crippen LogP contribution is 2.22. The van der Waals surface area contributed by atoms with Crippen LogP contribution in [0.25, 0.3) is 11.1 Å². The van der Waals surface area contributed by atoms with Crippen molar-refractivity contribution in [2.75, 3.05) is 5.73 Å². The predicted octanol–water partition coefficient (Wildman–Crippen LogP) is 3.89. The van der Waals surface area contributed by atoms with Crippen molar-refractivity contribution in [1.82, 2.24) is 4.98 Å². The fraction of sp³-hybridized carbons (Fsp3) is 0.133. The average Bonchev–Trinajstić information content (AvgIpc) is 2.85. The summed E-state index contributed by atoms with van der Waals surface area (Å²) in [6.45, 7) is 0.811. The van der Waals surface area contributed by atoms with Crippen molar-refractivity contribution in [3.8, 4) is 0 Å². The van der Waals surface area contributed by atoms with Crippen molar-refractivity contribution in [3.63, 3.8) is 0 Å². The number of oxazole rings is 1. The fourth-order valence-corrected chi connectivity index (χ4v) is 2.34. The highest BCUT2D eigenvalue weighted by molar-refractivity contribution is 9.10. The molecule has 20 heavy (non-hydrogen) atoms. The second-order valence-corrected chi connectivity index (χ2v) is 5.24. The van der Waals surface area contributed by atoms with Gasteiger partial charge in [0.05, 0.1) is 12.3 Å². The molecule has 0 amide bonds. The number of para-hydroxylation sites is 1. The molecule has 0 spiro atoms. The summed E-state index contributed by atoms with van der Waals surface area (Å²) in [6.07, 6.45) is 0. The molecular weight excluding hydrogens is 320 g/mol. The van der Waals surface area contributed by atoms with Crippen LogP contribution in [0.3, 0.4) is 0 Å². The summed E-state index contributed by atoms with van der Waals surface area (Å²) in [6, 6.07) is 13.4. The summed E-state index contributed by atoms with van der Waals surface area (Å²) in [7, 11) is 0. The Balaban J connectivity index is 1.68. The zero-order chi connectivity index (χ0) is 13.9. The second kappa shape index (κ2) is 5.64. The molecule has 0 fully saturated rings. The number of rotatable bonds is 4. The Kier molecular flexibility index (Phi) is 3.71. The van der Waals surface area contributed by atoms with Gasteiger partial charge in [-0.05, 0) is 23.8 Å². The molecule has 4 nitrogen and oxygen atoms in total. The summed E-state index contributed by atoms with van der Waals surface area (Å²) < 4.78 is 12.2. The van der Waals surface area contributed by atoms with Gasteiger partial charge in [0.15, 0.2) is 5.58 Å². The van der Waals surface area contributed by atoms with E-state index in [2.05, 4.69) is 20.9 Å². The lowest BCUT2D eigenvalue weighted by Crippen LogP contribution is -1.95. The van der Waals surface area contributed by atoms with Crippen LogP contribution in [0.15, 0.2) is 51.4 Å². The zero-order valence-corrected chi connectivity index (χ0v) is 12.3. The van der Waals surface area contributed by atoms with Gasteiger partial charge in [-0.15, -0.1) is 0 Å². The van der Waals surface area contributed by atoms with Crippen molar-refractivity contribution in [1.29, 1.82) is 0 Å². The minimum atomic E-state index is 0.315. The number of anilines is 1. The van der Waals surface area contributed by atoms with Crippen molar-refractivity contribution in [2.45, 2.75) is 13.2 Å². The monoisotopic (exact) mass is 332 g/mol. The van der Waals surface area contributed by atoms with Gasteiger partial charge < -0.3 is 14.9 Å². The summed E-state index contributed by atoms with van der Waals surface area (Å²) in [5, 5.41) is 0. The van der Waals surface area contributed by atoms with Gasteiger partial charge in [0.2, 0.25) is 5.89 Å². The highest BCUT2D eigenvalue weighted by Gasteiger charge is 2.08. The molecule has 2 N–H and O–H groups in total. The first-order valence-electron chi connectivity index (χ1n) is 6.19. The molecule has 0 saturated carbocycles. The molecule has 0 unspecified atom stereocenters. The number of ether oxygens (including phenoxy) is 1. The van der Waals surface area contributed by atoms with Crippen molar-refractivity contribution in [2.24, 2.45) is 0 Å². The predicted molar refractivity (Wildman–Crippen MR) is 81.1 cm³/mol. The summed E-state index contributed by atoms with van der Waals surface area (Å²) >= 11 is 3.48. The third-order valence-corrected chi connectivity index (χ3v) is 3.71. The van der Waals surface area contributed by atoms with Crippen LogP contribution < -0.4 is 5.73 Å². The third kappa shape index (κ3) is 2.69. The maximum atomic E-state index is 5.84. The van der Waals surface area contributed by atoms with Gasteiger partial charge in [0, 0.05) is 4.47 Å². The van der Waals surface area contributed by atoms with E-state index >= 15 is 0 Å². The Morgan fingerprint density at radius 1 is 1.10 bits per heavy atom. The van der Waals surface area contributed by atoms with E-state index in [9.17, 15) is 0 Å². The van der Waals surface area contributed by atoms with Crippen LogP contribution in [0.5, 0.6) is 0 Å². The van der Waals surface area contributed by atoms with Gasteiger partial charge in [-0.2, -0.15) is 0 Å². The van der Waals surface area contributed by atoms with Crippen LogP contribution in [-0.4, -0.2) is 4.98 Å². The van der Waals surface area contributed by atoms with Gasteiger partial charge in [0.25, 0.3) is 0 Å². The van der Waals surface area contributed by atoms with Crippen molar-refractivity contribution >= 4 is 32.7 Å². The van der Waals surface area contributed by atoms with E-state index in [1.165, 1.54) is 0 Å². The van der Waals surface area contributed by atoms with Gasteiger partial charge in [-0.25, -0.2) is 4.98 Å². The van der Waals surface area contributed by atoms with Gasteiger partial charge in [-0.3, -0.25) is 0 Å². The lowest BCUT2D eigenvalue weighted by molar-refractivity contribution is 0.0903. The molecule has 2 aromatic carbocycles. The number of halogens is 1. The number of aromatic nitrogens is 1. The first-order chi connectivity index (χ1) is 9.74. The molecule has 0 radical (unpaired) electrons. The van der Waals surface area contributed by atoms with Crippen molar-refractivity contribution < 1.29 is 9.15 Å². The number of hydrogen-bond donors (Lipinski definition) is 1. The van der Waals surface area contributed by atoms with Crippen molar-refractivity contribution in [3.05, 3.63) is 58.4 Å². The minimum Gasteiger partial charge on any atom is -0.438 e. The Hall–Kier alpha value is -1.85. The van der Waals surface area contributed by atoms with E-state index in [-0.39, 0.29) is 0 Å². The molecule has 0 aliphatic carbocycles. The fourth-order valence-electron chi connectivity index (χ4n) is 1.94. The number of nitrogens with two attached hydrogens (primary N) is 1. The first kappa shape index (κ1) is 13.1. The molecule has 0 bridgehead atoms. The Labute approximate surface area is 124 Å². The maximum Gasteiger partial charge on any atom is 0.221 e. The number of nitrogens with zero attached hydrogens (tertiary/aromatic N) is 1. The van der Waals surface area contributed by atoms with Crippen LogP contribution >= 0.6 is 15.9 Å². The number of fused-ring (bicyclic) bond motifs is 1. The smallest absolute Gasteiger partial charge is 0.221 e. The Morgan fingerprint density at radius 2 is 1.95 bits per heavy atom. The van der Waals surface area contributed by atoms with Crippen LogP contribution in [0.4, 0.5) is 5.69 Å². The van der Waals surface area contributed by atoms with E-state index in [4.69, 9.17) is 14.9 Å². The van der Waals surface area contributed by atoms with Crippen LogP contribution in [0.2, 0.25) is 0 Å². The molecule has 0 saturated heterocycles. The molecule has 102 valence electrons. The second-order valence-electron chi connectivity index (χ2n) is 4.39. The van der Waals surface area contributed by atoms with E-state index in [1.807, 2.05) is 36.4 Å². The minimum absolute atomic E-state index is 0.315. The largest absolute Gasteiger partial charge is 0.438 e. The lowest BCUT2D eigenvalue weighted by Gasteiger charge is -2.03. The molecule has 0 aliphatic heterocycles. The average molecular weight is 333 g/mol. The van der Waals surface area contributed by atoms with E-state index < -0.39 is 0 Å². The molecule has 3 rings (SSSR count). The lowest BCUT2D eigenvalue weighted by atomic mass is 10.2. The van der Waals surface area contributed by atoms with Gasteiger partial charge >= 0.3 is 0 Å². The molecule has 1 aromatic heterocycles. The molecule has 3 aromatic rings. The molecular formula is C15H13BrN2O2. The first-order valence-corrected chi connectivity index (χ1v) is 6.98. The molecule has 0 aliphatic rings. The SMILES string of the molecule is Nc1cccc2oc(COCc3ccccc3Br)nc12. The molecule has 0 atom stereocenters. The van der Waals surface area contributed by atoms with Gasteiger partial charge in [-0.1, -0.05) is 40.2 Å². The molecule has 1 heterocycles. The number of nitrogen functional groups attached to an aromatic ring is 1. The van der Waals surface area contributed by atoms with Gasteiger partial charge in [0.1, 0.15) is 12.1 Å². The topological polar surface area (TPSA) is 61.3 Å². The molecule has 5 heteroatoms. The zero-order valence-electron chi connectivity index (χ0n) is 10.7. The number of hydrogen-bond acceptors (Lipinski definition) is 4. The van der Waals surface area contributed by atoms with Crippen LogP contribution in [-0.2, 0) is 18.0 Å². The third-order valence-electron chi connectivity index (χ3n) is 2.94. The standard InChI is InChI=1S/C15H13BrN2O2/c16-11-5-2-1-4-10(11)8-19-9-14-18-15-12(17)6-3-7-13(15)20-14/h1-7H,8-9,17H2. The Bertz CT molecular complexity index is 740. The summed E-state index contributed by atoms with van der Waals surface area (Å²) in [5.41, 5.74) is 8.91. The maximum absolute atomic E-state index is 5.84. The van der Waals surface area contributed by atoms with Crippen LogP contribution in [0, 0.1) is 0 Å². The normalized spacial score (nSPS) is 11.1. The highest BCUT2D eigenvalue weighted by atomic mass is 79.9.